The maximum Gasteiger partial charge on any atom is 0.344 e. The second-order valence-electron chi connectivity index (χ2n) is 4.40. The predicted molar refractivity (Wildman–Crippen MR) is 84.6 cm³/mol. The Bertz CT molecular complexity index is 465. The SMILES string of the molecule is CCCCOC(=O)COc1c(Br)cc(CN)cc1OCC. The highest BCUT2D eigenvalue weighted by atomic mass is 79.9. The Balaban J connectivity index is 2.70. The van der Waals surface area contributed by atoms with Crippen molar-refractivity contribution in [3.8, 4) is 11.5 Å². The summed E-state index contributed by atoms with van der Waals surface area (Å²) >= 11 is 3.41. The van der Waals surface area contributed by atoms with Crippen LogP contribution in [0.15, 0.2) is 16.6 Å². The normalized spacial score (nSPS) is 10.3. The fourth-order valence-electron chi connectivity index (χ4n) is 1.65. The van der Waals surface area contributed by atoms with E-state index in [9.17, 15) is 4.79 Å². The van der Waals surface area contributed by atoms with Crippen molar-refractivity contribution >= 4 is 21.9 Å². The van der Waals surface area contributed by atoms with Gasteiger partial charge in [0.25, 0.3) is 0 Å². The Morgan fingerprint density at radius 3 is 2.67 bits per heavy atom. The number of unbranched alkanes of at least 4 members (excludes halogenated alkanes) is 1. The third-order valence-corrected chi connectivity index (χ3v) is 3.29. The summed E-state index contributed by atoms with van der Waals surface area (Å²) in [5.74, 6) is 0.663. The predicted octanol–water partition coefficient (Wildman–Crippen LogP) is 3.03. The first kappa shape index (κ1) is 17.8. The average Bonchev–Trinajstić information content (AvgIpc) is 2.46. The summed E-state index contributed by atoms with van der Waals surface area (Å²) < 4.78 is 16.8. The molecule has 0 bridgehead atoms. The minimum absolute atomic E-state index is 0.148. The topological polar surface area (TPSA) is 70.8 Å². The van der Waals surface area contributed by atoms with E-state index in [0.29, 0.717) is 35.7 Å². The van der Waals surface area contributed by atoms with E-state index in [0.717, 1.165) is 18.4 Å². The molecule has 1 rings (SSSR count). The van der Waals surface area contributed by atoms with Gasteiger partial charge >= 0.3 is 5.97 Å². The number of carbonyl (C=O) groups is 1. The molecule has 1 aromatic rings. The molecule has 2 N–H and O–H groups in total. The van der Waals surface area contributed by atoms with Gasteiger partial charge in [-0.2, -0.15) is 0 Å². The number of nitrogens with two attached hydrogens (primary N) is 1. The lowest BCUT2D eigenvalue weighted by Gasteiger charge is -2.14. The van der Waals surface area contributed by atoms with Gasteiger partial charge in [-0.1, -0.05) is 13.3 Å². The van der Waals surface area contributed by atoms with Crippen LogP contribution in [0.5, 0.6) is 11.5 Å². The smallest absolute Gasteiger partial charge is 0.344 e. The summed E-state index contributed by atoms with van der Waals surface area (Å²) in [5, 5.41) is 0. The summed E-state index contributed by atoms with van der Waals surface area (Å²) in [6.45, 7) is 5.09. The molecule has 5 nitrogen and oxygen atoms in total. The molecule has 0 unspecified atom stereocenters. The van der Waals surface area contributed by atoms with Crippen LogP contribution in [0.3, 0.4) is 0 Å². The highest BCUT2D eigenvalue weighted by molar-refractivity contribution is 9.10. The second-order valence-corrected chi connectivity index (χ2v) is 5.26. The molecular formula is C15H22BrNO4. The van der Waals surface area contributed by atoms with Crippen LogP contribution in [0.2, 0.25) is 0 Å². The number of esters is 1. The minimum atomic E-state index is -0.388. The molecular weight excluding hydrogens is 338 g/mol. The quantitative estimate of drug-likeness (QED) is 0.541. The largest absolute Gasteiger partial charge is 0.490 e. The van der Waals surface area contributed by atoms with Crippen LogP contribution in [-0.2, 0) is 16.1 Å². The van der Waals surface area contributed by atoms with E-state index >= 15 is 0 Å². The van der Waals surface area contributed by atoms with Crippen LogP contribution in [0.4, 0.5) is 0 Å². The van der Waals surface area contributed by atoms with Gasteiger partial charge in [0.2, 0.25) is 0 Å². The number of hydrogen-bond donors (Lipinski definition) is 1. The lowest BCUT2D eigenvalue weighted by molar-refractivity contribution is -0.146. The maximum atomic E-state index is 11.6. The molecule has 1 aromatic carbocycles. The molecule has 0 spiro atoms. The third kappa shape index (κ3) is 5.93. The number of hydrogen-bond acceptors (Lipinski definition) is 5. The van der Waals surface area contributed by atoms with Crippen molar-refractivity contribution in [3.63, 3.8) is 0 Å². The van der Waals surface area contributed by atoms with Crippen molar-refractivity contribution in [1.29, 1.82) is 0 Å². The zero-order valence-corrected chi connectivity index (χ0v) is 14.1. The summed E-state index contributed by atoms with van der Waals surface area (Å²) in [6, 6.07) is 3.66. The standard InChI is InChI=1S/C15H22BrNO4/c1-3-5-6-20-14(18)10-21-15-12(16)7-11(9-17)8-13(15)19-4-2/h7-8H,3-6,9-10,17H2,1-2H3. The van der Waals surface area contributed by atoms with Gasteiger partial charge in [-0.15, -0.1) is 0 Å². The van der Waals surface area contributed by atoms with Crippen molar-refractivity contribution in [2.24, 2.45) is 5.73 Å². The number of carbonyl (C=O) groups excluding carboxylic acids is 1. The fraction of sp³-hybridized carbons (Fsp3) is 0.533. The van der Waals surface area contributed by atoms with Crippen LogP contribution in [0.1, 0.15) is 32.3 Å². The van der Waals surface area contributed by atoms with E-state index in [2.05, 4.69) is 15.9 Å². The van der Waals surface area contributed by atoms with Gasteiger partial charge in [0.15, 0.2) is 18.1 Å². The average molecular weight is 360 g/mol. The summed E-state index contributed by atoms with van der Waals surface area (Å²) in [5.41, 5.74) is 6.55. The Morgan fingerprint density at radius 1 is 1.29 bits per heavy atom. The molecule has 0 heterocycles. The van der Waals surface area contributed by atoms with Gasteiger partial charge < -0.3 is 19.9 Å². The van der Waals surface area contributed by atoms with Gasteiger partial charge in [0.1, 0.15) is 0 Å². The molecule has 0 amide bonds. The van der Waals surface area contributed by atoms with Crippen LogP contribution in [-0.4, -0.2) is 25.8 Å². The van der Waals surface area contributed by atoms with Crippen LogP contribution < -0.4 is 15.2 Å². The number of benzene rings is 1. The van der Waals surface area contributed by atoms with Gasteiger partial charge in [-0.25, -0.2) is 4.79 Å². The van der Waals surface area contributed by atoms with Gasteiger partial charge in [0.05, 0.1) is 17.7 Å². The van der Waals surface area contributed by atoms with Crippen molar-refractivity contribution in [2.75, 3.05) is 19.8 Å². The van der Waals surface area contributed by atoms with Crippen LogP contribution >= 0.6 is 15.9 Å². The first-order chi connectivity index (χ1) is 10.1. The van der Waals surface area contributed by atoms with E-state index in [4.69, 9.17) is 19.9 Å². The molecule has 118 valence electrons. The highest BCUT2D eigenvalue weighted by Crippen LogP contribution is 2.36. The fourth-order valence-corrected chi connectivity index (χ4v) is 2.25. The monoisotopic (exact) mass is 359 g/mol. The molecule has 0 aliphatic heterocycles. The van der Waals surface area contributed by atoms with E-state index in [1.165, 1.54) is 0 Å². The molecule has 0 atom stereocenters. The lowest BCUT2D eigenvalue weighted by atomic mass is 10.2. The van der Waals surface area contributed by atoms with Crippen molar-refractivity contribution in [1.82, 2.24) is 0 Å². The highest BCUT2D eigenvalue weighted by Gasteiger charge is 2.14. The van der Waals surface area contributed by atoms with Gasteiger partial charge in [-0.05, 0) is 47.0 Å². The van der Waals surface area contributed by atoms with Gasteiger partial charge in [0, 0.05) is 6.54 Å². The molecule has 0 saturated heterocycles. The van der Waals surface area contributed by atoms with Crippen LogP contribution in [0.25, 0.3) is 0 Å². The molecule has 0 radical (unpaired) electrons. The number of rotatable bonds is 9. The molecule has 21 heavy (non-hydrogen) atoms. The molecule has 0 aromatic heterocycles. The van der Waals surface area contributed by atoms with E-state index in [-0.39, 0.29) is 12.6 Å². The third-order valence-electron chi connectivity index (χ3n) is 2.70. The molecule has 0 saturated carbocycles. The second kappa shape index (κ2) is 9.63. The van der Waals surface area contributed by atoms with Gasteiger partial charge in [-0.3, -0.25) is 0 Å². The summed E-state index contributed by atoms with van der Waals surface area (Å²) in [4.78, 5) is 11.6. The summed E-state index contributed by atoms with van der Waals surface area (Å²) in [7, 11) is 0. The molecule has 0 aliphatic carbocycles. The lowest BCUT2D eigenvalue weighted by Crippen LogP contribution is -2.16. The maximum absolute atomic E-state index is 11.6. The number of ether oxygens (including phenoxy) is 3. The van der Waals surface area contributed by atoms with E-state index < -0.39 is 0 Å². The minimum Gasteiger partial charge on any atom is -0.490 e. The Morgan fingerprint density at radius 2 is 2.05 bits per heavy atom. The molecule has 6 heteroatoms. The number of halogens is 1. The molecule has 0 aliphatic rings. The van der Waals surface area contributed by atoms with E-state index in [1.807, 2.05) is 26.0 Å². The van der Waals surface area contributed by atoms with Crippen molar-refractivity contribution in [3.05, 3.63) is 22.2 Å². The Labute approximate surface area is 133 Å². The first-order valence-corrected chi connectivity index (χ1v) is 7.85. The first-order valence-electron chi connectivity index (χ1n) is 7.06. The zero-order chi connectivity index (χ0) is 15.7. The Kier molecular flexibility index (Phi) is 8.15. The summed E-state index contributed by atoms with van der Waals surface area (Å²) in [6.07, 6.45) is 1.83. The van der Waals surface area contributed by atoms with E-state index in [1.54, 1.807) is 0 Å². The van der Waals surface area contributed by atoms with Crippen molar-refractivity contribution < 1.29 is 19.0 Å². The van der Waals surface area contributed by atoms with Crippen LogP contribution in [0, 0.1) is 0 Å². The zero-order valence-electron chi connectivity index (χ0n) is 12.5. The van der Waals surface area contributed by atoms with Crippen molar-refractivity contribution in [2.45, 2.75) is 33.2 Å². The Hall–Kier alpha value is -1.27. The molecule has 0 fully saturated rings.